The number of nitrogens with one attached hydrogen (secondary N) is 2. The van der Waals surface area contributed by atoms with Crippen LogP contribution in [-0.2, 0) is 20.8 Å². The SMILES string of the molecule is CC(=O)N[C@@H](Cc1ccccc1)C(=O)N[C@@H](C(N)=O)C(c1ccccc1)c1ccccc1. The largest absolute Gasteiger partial charge is 0.368 e. The Morgan fingerprint density at radius 2 is 1.22 bits per heavy atom. The minimum absolute atomic E-state index is 0.291. The van der Waals surface area contributed by atoms with Gasteiger partial charge in [0, 0.05) is 19.3 Å². The van der Waals surface area contributed by atoms with Crippen molar-refractivity contribution in [2.75, 3.05) is 0 Å². The number of amides is 3. The van der Waals surface area contributed by atoms with Gasteiger partial charge >= 0.3 is 0 Å². The Kier molecular flexibility index (Phi) is 7.75. The summed E-state index contributed by atoms with van der Waals surface area (Å²) in [5.41, 5.74) is 8.36. The second-order valence-electron chi connectivity index (χ2n) is 7.63. The highest BCUT2D eigenvalue weighted by atomic mass is 16.2. The third-order valence-corrected chi connectivity index (χ3v) is 5.23. The van der Waals surface area contributed by atoms with Crippen molar-refractivity contribution in [2.24, 2.45) is 5.73 Å². The van der Waals surface area contributed by atoms with Crippen molar-refractivity contribution in [3.8, 4) is 0 Å². The highest BCUT2D eigenvalue weighted by Crippen LogP contribution is 2.28. The van der Waals surface area contributed by atoms with Crippen molar-refractivity contribution in [1.82, 2.24) is 10.6 Å². The van der Waals surface area contributed by atoms with Gasteiger partial charge in [-0.15, -0.1) is 0 Å². The number of hydrogen-bond donors (Lipinski definition) is 3. The van der Waals surface area contributed by atoms with Gasteiger partial charge in [0.2, 0.25) is 17.7 Å². The monoisotopic (exact) mass is 429 g/mol. The fourth-order valence-corrected chi connectivity index (χ4v) is 3.78. The zero-order valence-electron chi connectivity index (χ0n) is 17.9. The van der Waals surface area contributed by atoms with Crippen LogP contribution in [0.1, 0.15) is 29.5 Å². The molecule has 0 aromatic heterocycles. The van der Waals surface area contributed by atoms with E-state index in [-0.39, 0.29) is 5.91 Å². The summed E-state index contributed by atoms with van der Waals surface area (Å²) in [6.07, 6.45) is 0.291. The van der Waals surface area contributed by atoms with Gasteiger partial charge in [0.1, 0.15) is 12.1 Å². The van der Waals surface area contributed by atoms with Gasteiger partial charge in [-0.05, 0) is 16.7 Å². The van der Waals surface area contributed by atoms with Crippen LogP contribution in [0.4, 0.5) is 0 Å². The van der Waals surface area contributed by atoms with Crippen LogP contribution < -0.4 is 16.4 Å². The van der Waals surface area contributed by atoms with E-state index < -0.39 is 29.8 Å². The highest BCUT2D eigenvalue weighted by Gasteiger charge is 2.33. The molecule has 0 spiro atoms. The zero-order valence-corrected chi connectivity index (χ0v) is 17.9. The molecule has 4 N–H and O–H groups in total. The first-order valence-corrected chi connectivity index (χ1v) is 10.5. The number of rotatable bonds is 9. The maximum Gasteiger partial charge on any atom is 0.243 e. The van der Waals surface area contributed by atoms with Crippen LogP contribution in [0.25, 0.3) is 0 Å². The van der Waals surface area contributed by atoms with Gasteiger partial charge in [-0.3, -0.25) is 14.4 Å². The molecular formula is C26H27N3O3. The fourth-order valence-electron chi connectivity index (χ4n) is 3.78. The number of hydrogen-bond acceptors (Lipinski definition) is 3. The first kappa shape index (κ1) is 22.7. The third kappa shape index (κ3) is 6.04. The van der Waals surface area contributed by atoms with Crippen molar-refractivity contribution in [2.45, 2.75) is 31.3 Å². The van der Waals surface area contributed by atoms with Crippen molar-refractivity contribution in [1.29, 1.82) is 0 Å². The molecule has 6 nitrogen and oxygen atoms in total. The van der Waals surface area contributed by atoms with E-state index in [4.69, 9.17) is 5.73 Å². The maximum absolute atomic E-state index is 13.2. The van der Waals surface area contributed by atoms with Crippen molar-refractivity contribution < 1.29 is 14.4 Å². The van der Waals surface area contributed by atoms with Crippen molar-refractivity contribution >= 4 is 17.7 Å². The number of nitrogens with two attached hydrogens (primary N) is 1. The molecule has 0 aliphatic rings. The van der Waals surface area contributed by atoms with Crippen LogP contribution in [0.5, 0.6) is 0 Å². The number of benzene rings is 3. The van der Waals surface area contributed by atoms with Crippen LogP contribution in [-0.4, -0.2) is 29.8 Å². The Morgan fingerprint density at radius 3 is 1.66 bits per heavy atom. The van der Waals surface area contributed by atoms with Crippen LogP contribution in [0, 0.1) is 0 Å². The fraction of sp³-hybridized carbons (Fsp3) is 0.192. The Balaban J connectivity index is 1.92. The molecule has 3 rings (SSSR count). The molecule has 0 heterocycles. The Morgan fingerprint density at radius 1 is 0.750 bits per heavy atom. The summed E-state index contributed by atoms with van der Waals surface area (Å²) in [5.74, 6) is -1.94. The predicted octanol–water partition coefficient (Wildman–Crippen LogP) is 2.54. The molecule has 0 saturated heterocycles. The van der Waals surface area contributed by atoms with Crippen molar-refractivity contribution in [3.05, 3.63) is 108 Å². The normalized spacial score (nSPS) is 12.6. The van der Waals surface area contributed by atoms with Gasteiger partial charge in [-0.25, -0.2) is 0 Å². The summed E-state index contributed by atoms with van der Waals surface area (Å²) in [4.78, 5) is 37.5. The lowest BCUT2D eigenvalue weighted by Crippen LogP contribution is -2.55. The van der Waals surface area contributed by atoms with Gasteiger partial charge in [-0.2, -0.15) is 0 Å². The maximum atomic E-state index is 13.2. The lowest BCUT2D eigenvalue weighted by Gasteiger charge is -2.28. The lowest BCUT2D eigenvalue weighted by molar-refractivity contribution is -0.131. The minimum atomic E-state index is -1.00. The van der Waals surface area contributed by atoms with Crippen LogP contribution in [0.2, 0.25) is 0 Å². The highest BCUT2D eigenvalue weighted by molar-refractivity contribution is 5.92. The summed E-state index contributed by atoms with van der Waals surface area (Å²) in [5, 5.41) is 5.50. The summed E-state index contributed by atoms with van der Waals surface area (Å²) >= 11 is 0. The molecule has 0 aliphatic carbocycles. The molecule has 164 valence electrons. The summed E-state index contributed by atoms with van der Waals surface area (Å²) < 4.78 is 0. The molecule has 0 saturated carbocycles. The Hall–Kier alpha value is -3.93. The van der Waals surface area contributed by atoms with E-state index in [9.17, 15) is 14.4 Å². The smallest absolute Gasteiger partial charge is 0.243 e. The van der Waals surface area contributed by atoms with Crippen LogP contribution in [0.3, 0.4) is 0 Å². The summed E-state index contributed by atoms with van der Waals surface area (Å²) in [6.45, 7) is 1.35. The van der Waals surface area contributed by atoms with E-state index >= 15 is 0 Å². The van der Waals surface area contributed by atoms with Gasteiger partial charge in [-0.1, -0.05) is 91.0 Å². The van der Waals surface area contributed by atoms with E-state index in [0.29, 0.717) is 6.42 Å². The average molecular weight is 430 g/mol. The molecule has 0 radical (unpaired) electrons. The molecular weight excluding hydrogens is 402 g/mol. The lowest BCUT2D eigenvalue weighted by atomic mass is 9.84. The standard InChI is InChI=1S/C26H27N3O3/c1-18(30)28-22(17-19-11-5-2-6-12-19)26(32)29-24(25(27)31)23(20-13-7-3-8-14-20)21-15-9-4-10-16-21/h2-16,22-24H,17H2,1H3,(H2,27,31)(H,28,30)(H,29,32)/t22-,24+/m0/s1. The molecule has 0 fully saturated rings. The van der Waals surface area contributed by atoms with E-state index in [1.165, 1.54) is 6.92 Å². The second-order valence-corrected chi connectivity index (χ2v) is 7.63. The topological polar surface area (TPSA) is 101 Å². The number of carbonyl (C=O) groups is 3. The molecule has 2 atom stereocenters. The summed E-state index contributed by atoms with van der Waals surface area (Å²) in [6, 6.07) is 26.4. The molecule has 3 amide bonds. The molecule has 0 unspecified atom stereocenters. The number of primary amides is 1. The minimum Gasteiger partial charge on any atom is -0.368 e. The molecule has 3 aromatic carbocycles. The quantitative estimate of drug-likeness (QED) is 0.487. The van der Waals surface area contributed by atoms with E-state index in [0.717, 1.165) is 16.7 Å². The molecule has 0 bridgehead atoms. The van der Waals surface area contributed by atoms with Crippen LogP contribution >= 0.6 is 0 Å². The van der Waals surface area contributed by atoms with Gasteiger partial charge in [0.15, 0.2) is 0 Å². The molecule has 3 aromatic rings. The first-order chi connectivity index (χ1) is 15.5. The van der Waals surface area contributed by atoms with Gasteiger partial charge < -0.3 is 16.4 Å². The molecule has 32 heavy (non-hydrogen) atoms. The summed E-state index contributed by atoms with van der Waals surface area (Å²) in [7, 11) is 0. The van der Waals surface area contributed by atoms with E-state index in [1.54, 1.807) is 0 Å². The van der Waals surface area contributed by atoms with Crippen molar-refractivity contribution in [3.63, 3.8) is 0 Å². The van der Waals surface area contributed by atoms with E-state index in [1.807, 2.05) is 91.0 Å². The van der Waals surface area contributed by atoms with Gasteiger partial charge in [0.05, 0.1) is 0 Å². The first-order valence-electron chi connectivity index (χ1n) is 10.5. The zero-order chi connectivity index (χ0) is 22.9. The third-order valence-electron chi connectivity index (χ3n) is 5.23. The van der Waals surface area contributed by atoms with E-state index in [2.05, 4.69) is 10.6 Å². The Bertz CT molecular complexity index is 1000. The molecule has 0 aliphatic heterocycles. The second kappa shape index (κ2) is 10.9. The average Bonchev–Trinajstić information content (AvgIpc) is 2.80. The Labute approximate surface area is 187 Å². The predicted molar refractivity (Wildman–Crippen MR) is 124 cm³/mol. The van der Waals surface area contributed by atoms with Crippen LogP contribution in [0.15, 0.2) is 91.0 Å². The number of carbonyl (C=O) groups excluding carboxylic acids is 3. The molecule has 6 heteroatoms. The van der Waals surface area contributed by atoms with Gasteiger partial charge in [0.25, 0.3) is 0 Å².